The molecule has 8 nitrogen and oxygen atoms in total. The normalized spacial score (nSPS) is 12.8. The van der Waals surface area contributed by atoms with Crippen molar-refractivity contribution in [3.63, 3.8) is 0 Å². The molecule has 122 valence electrons. The second-order valence-corrected chi connectivity index (χ2v) is 5.34. The molecular formula is C14H24N6O2. The van der Waals surface area contributed by atoms with Crippen LogP contribution in [0.5, 0.6) is 0 Å². The van der Waals surface area contributed by atoms with Gasteiger partial charge in [-0.15, -0.1) is 0 Å². The Labute approximate surface area is 128 Å². The quantitative estimate of drug-likeness (QED) is 0.797. The van der Waals surface area contributed by atoms with Gasteiger partial charge in [-0.25, -0.2) is 4.79 Å². The van der Waals surface area contributed by atoms with Gasteiger partial charge < -0.3 is 15.6 Å². The molecular weight excluding hydrogens is 284 g/mol. The maximum atomic E-state index is 12.6. The van der Waals surface area contributed by atoms with Gasteiger partial charge in [-0.1, -0.05) is 6.92 Å². The molecule has 22 heavy (non-hydrogen) atoms. The van der Waals surface area contributed by atoms with E-state index in [2.05, 4.69) is 10.3 Å². The van der Waals surface area contributed by atoms with E-state index < -0.39 is 0 Å². The van der Waals surface area contributed by atoms with Gasteiger partial charge in [-0.2, -0.15) is 4.98 Å². The maximum Gasteiger partial charge on any atom is 0.332 e. The summed E-state index contributed by atoms with van der Waals surface area (Å²) < 4.78 is 4.55. The Bertz CT molecular complexity index is 785. The van der Waals surface area contributed by atoms with E-state index in [-0.39, 0.29) is 17.3 Å². The highest BCUT2D eigenvalue weighted by Crippen LogP contribution is 2.18. The number of imidazole rings is 1. The SMILES string of the molecule is CCC(C)n1c(=O)n(CC)c(=O)c2c1nc(NCCN)n2C. The van der Waals surface area contributed by atoms with Crippen molar-refractivity contribution < 1.29 is 0 Å². The lowest BCUT2D eigenvalue weighted by atomic mass is 10.2. The lowest BCUT2D eigenvalue weighted by molar-refractivity contribution is 0.489. The first-order valence-corrected chi connectivity index (χ1v) is 7.63. The molecule has 0 saturated heterocycles. The molecule has 2 rings (SSSR count). The van der Waals surface area contributed by atoms with Crippen molar-refractivity contribution in [2.45, 2.75) is 39.8 Å². The summed E-state index contributed by atoms with van der Waals surface area (Å²) >= 11 is 0. The fraction of sp³-hybridized carbons (Fsp3) is 0.643. The smallest absolute Gasteiger partial charge is 0.332 e. The highest BCUT2D eigenvalue weighted by atomic mass is 16.2. The monoisotopic (exact) mass is 308 g/mol. The molecule has 2 heterocycles. The van der Waals surface area contributed by atoms with Crippen LogP contribution in [0.4, 0.5) is 5.95 Å². The van der Waals surface area contributed by atoms with Gasteiger partial charge in [0, 0.05) is 32.7 Å². The molecule has 0 spiro atoms. The summed E-state index contributed by atoms with van der Waals surface area (Å²) in [5.74, 6) is 0.544. The number of aromatic nitrogens is 4. The minimum Gasteiger partial charge on any atom is -0.354 e. The zero-order valence-electron chi connectivity index (χ0n) is 13.6. The summed E-state index contributed by atoms with van der Waals surface area (Å²) in [5, 5.41) is 3.08. The zero-order chi connectivity index (χ0) is 16.4. The molecule has 0 aliphatic heterocycles. The average molecular weight is 308 g/mol. The van der Waals surface area contributed by atoms with Gasteiger partial charge in [0.15, 0.2) is 11.2 Å². The molecule has 0 fully saturated rings. The van der Waals surface area contributed by atoms with E-state index in [1.54, 1.807) is 23.1 Å². The standard InChI is InChI=1S/C14H24N6O2/c1-5-9(3)20-11-10(12(21)19(6-2)14(20)22)18(4)13(17-11)16-8-7-15/h9H,5-8,15H2,1-4H3,(H,16,17). The third kappa shape index (κ3) is 2.43. The second-order valence-electron chi connectivity index (χ2n) is 5.34. The first-order chi connectivity index (χ1) is 10.5. The number of hydrogen-bond donors (Lipinski definition) is 2. The fourth-order valence-electron chi connectivity index (χ4n) is 2.53. The van der Waals surface area contributed by atoms with Crippen molar-refractivity contribution in [3.8, 4) is 0 Å². The van der Waals surface area contributed by atoms with Crippen molar-refractivity contribution in [2.24, 2.45) is 12.8 Å². The molecule has 3 N–H and O–H groups in total. The van der Waals surface area contributed by atoms with Crippen molar-refractivity contribution in [1.82, 2.24) is 18.7 Å². The second kappa shape index (κ2) is 6.35. The number of aryl methyl sites for hydroxylation is 1. The lowest BCUT2D eigenvalue weighted by Crippen LogP contribution is -2.41. The van der Waals surface area contributed by atoms with E-state index in [0.717, 1.165) is 6.42 Å². The number of anilines is 1. The summed E-state index contributed by atoms with van der Waals surface area (Å²) in [6, 6.07) is -0.0364. The fourth-order valence-corrected chi connectivity index (χ4v) is 2.53. The Balaban J connectivity index is 2.87. The first kappa shape index (κ1) is 16.3. The Kier molecular flexibility index (Phi) is 4.70. The summed E-state index contributed by atoms with van der Waals surface area (Å²) in [7, 11) is 1.76. The van der Waals surface area contributed by atoms with Crippen LogP contribution in [0.2, 0.25) is 0 Å². The van der Waals surface area contributed by atoms with Gasteiger partial charge in [0.25, 0.3) is 5.56 Å². The van der Waals surface area contributed by atoms with E-state index in [9.17, 15) is 9.59 Å². The van der Waals surface area contributed by atoms with Crippen molar-refractivity contribution in [3.05, 3.63) is 20.8 Å². The summed E-state index contributed by atoms with van der Waals surface area (Å²) in [5.41, 5.74) is 5.74. The first-order valence-electron chi connectivity index (χ1n) is 7.63. The molecule has 0 aromatic carbocycles. The average Bonchev–Trinajstić information content (AvgIpc) is 2.82. The highest BCUT2D eigenvalue weighted by Gasteiger charge is 2.21. The van der Waals surface area contributed by atoms with Gasteiger partial charge in [-0.3, -0.25) is 13.9 Å². The Hall–Kier alpha value is -2.09. The largest absolute Gasteiger partial charge is 0.354 e. The summed E-state index contributed by atoms with van der Waals surface area (Å²) in [6.45, 7) is 7.08. The van der Waals surface area contributed by atoms with E-state index in [0.29, 0.717) is 36.7 Å². The van der Waals surface area contributed by atoms with Gasteiger partial charge in [-0.05, 0) is 20.3 Å². The van der Waals surface area contributed by atoms with Crippen LogP contribution in [0.15, 0.2) is 9.59 Å². The highest BCUT2D eigenvalue weighted by molar-refractivity contribution is 5.74. The van der Waals surface area contributed by atoms with Gasteiger partial charge in [0.2, 0.25) is 5.95 Å². The molecule has 0 amide bonds. The van der Waals surface area contributed by atoms with E-state index >= 15 is 0 Å². The molecule has 0 aliphatic carbocycles. The van der Waals surface area contributed by atoms with Gasteiger partial charge in [0.05, 0.1) is 0 Å². The predicted molar refractivity (Wildman–Crippen MR) is 87.5 cm³/mol. The van der Waals surface area contributed by atoms with Crippen LogP contribution >= 0.6 is 0 Å². The van der Waals surface area contributed by atoms with Crippen LogP contribution in [-0.2, 0) is 13.6 Å². The van der Waals surface area contributed by atoms with Crippen molar-refractivity contribution in [1.29, 1.82) is 0 Å². The van der Waals surface area contributed by atoms with Crippen LogP contribution in [0.3, 0.4) is 0 Å². The third-order valence-corrected chi connectivity index (χ3v) is 3.96. The van der Waals surface area contributed by atoms with Crippen molar-refractivity contribution >= 4 is 17.1 Å². The minimum atomic E-state index is -0.308. The van der Waals surface area contributed by atoms with Gasteiger partial charge >= 0.3 is 5.69 Å². The van der Waals surface area contributed by atoms with Gasteiger partial charge in [0.1, 0.15) is 0 Å². The van der Waals surface area contributed by atoms with Crippen LogP contribution in [0.25, 0.3) is 11.2 Å². The summed E-state index contributed by atoms with van der Waals surface area (Å²) in [4.78, 5) is 29.7. The number of rotatable bonds is 6. The zero-order valence-corrected chi connectivity index (χ0v) is 13.6. The molecule has 0 bridgehead atoms. The molecule has 2 aromatic rings. The van der Waals surface area contributed by atoms with Crippen LogP contribution < -0.4 is 22.3 Å². The summed E-state index contributed by atoms with van der Waals surface area (Å²) in [6.07, 6.45) is 0.777. The van der Waals surface area contributed by atoms with Crippen LogP contribution in [0.1, 0.15) is 33.2 Å². The number of hydrogen-bond acceptors (Lipinski definition) is 5. The molecule has 1 unspecified atom stereocenters. The molecule has 1 atom stereocenters. The van der Waals surface area contributed by atoms with Crippen molar-refractivity contribution in [2.75, 3.05) is 18.4 Å². The van der Waals surface area contributed by atoms with E-state index in [4.69, 9.17) is 5.73 Å². The topological polar surface area (TPSA) is 99.9 Å². The Morgan fingerprint density at radius 3 is 2.55 bits per heavy atom. The number of nitrogens with one attached hydrogen (secondary N) is 1. The molecule has 0 saturated carbocycles. The van der Waals surface area contributed by atoms with E-state index in [1.807, 2.05) is 13.8 Å². The number of fused-ring (bicyclic) bond motifs is 1. The number of nitrogens with zero attached hydrogens (tertiary/aromatic N) is 4. The molecule has 8 heteroatoms. The number of nitrogens with two attached hydrogens (primary N) is 1. The minimum absolute atomic E-state index is 0.0364. The molecule has 0 radical (unpaired) electrons. The van der Waals surface area contributed by atoms with Crippen LogP contribution in [0, 0.1) is 0 Å². The predicted octanol–water partition coefficient (Wildman–Crippen LogP) is 0.258. The van der Waals surface area contributed by atoms with Crippen LogP contribution in [-0.4, -0.2) is 31.8 Å². The maximum absolute atomic E-state index is 12.6. The third-order valence-electron chi connectivity index (χ3n) is 3.96. The molecule has 0 aliphatic rings. The molecule has 2 aromatic heterocycles. The Morgan fingerprint density at radius 2 is 2.00 bits per heavy atom. The Morgan fingerprint density at radius 1 is 1.32 bits per heavy atom. The van der Waals surface area contributed by atoms with E-state index in [1.165, 1.54) is 4.57 Å². The lowest BCUT2D eigenvalue weighted by Gasteiger charge is -2.15.